The van der Waals surface area contributed by atoms with Crippen molar-refractivity contribution < 1.29 is 0 Å². The van der Waals surface area contributed by atoms with Crippen LogP contribution in [0.3, 0.4) is 0 Å². The highest BCUT2D eigenvalue weighted by atomic mass is 15.2. The summed E-state index contributed by atoms with van der Waals surface area (Å²) in [7, 11) is 0. The summed E-state index contributed by atoms with van der Waals surface area (Å²) < 4.78 is 0. The van der Waals surface area contributed by atoms with Crippen LogP contribution in [0.4, 0.5) is 0 Å². The average molecular weight is 233 g/mol. The van der Waals surface area contributed by atoms with Crippen molar-refractivity contribution in [1.29, 1.82) is 0 Å². The van der Waals surface area contributed by atoms with Crippen molar-refractivity contribution in [2.75, 3.05) is 19.6 Å². The first-order valence-corrected chi connectivity index (χ1v) is 6.73. The van der Waals surface area contributed by atoms with E-state index in [4.69, 9.17) is 5.73 Å². The van der Waals surface area contributed by atoms with Crippen LogP contribution in [0.2, 0.25) is 0 Å². The highest BCUT2D eigenvalue weighted by Gasteiger charge is 2.23. The lowest BCUT2D eigenvalue weighted by Gasteiger charge is -2.37. The Hall–Kier alpha value is -0.930. The van der Waals surface area contributed by atoms with Gasteiger partial charge in [-0.2, -0.15) is 0 Å². The third kappa shape index (κ3) is 3.79. The maximum atomic E-state index is 5.61. The highest BCUT2D eigenvalue weighted by molar-refractivity contribution is 5.08. The molecule has 1 aliphatic rings. The van der Waals surface area contributed by atoms with E-state index in [1.54, 1.807) is 0 Å². The summed E-state index contributed by atoms with van der Waals surface area (Å²) in [6.07, 6.45) is 10.2. The second-order valence-corrected chi connectivity index (χ2v) is 4.87. The van der Waals surface area contributed by atoms with Gasteiger partial charge in [0.2, 0.25) is 0 Å². The lowest BCUT2D eigenvalue weighted by atomic mass is 9.91. The normalized spacial score (nSPS) is 16.1. The minimum atomic E-state index is 0.802. The van der Waals surface area contributed by atoms with Crippen LogP contribution in [-0.2, 0) is 6.42 Å². The third-order valence-corrected chi connectivity index (χ3v) is 3.65. The molecule has 17 heavy (non-hydrogen) atoms. The summed E-state index contributed by atoms with van der Waals surface area (Å²) in [6, 6.07) is 5.00. The van der Waals surface area contributed by atoms with Crippen LogP contribution in [0, 0.1) is 0 Å². The topological polar surface area (TPSA) is 42.1 Å². The Kier molecular flexibility index (Phi) is 4.95. The Morgan fingerprint density at radius 3 is 2.82 bits per heavy atom. The fourth-order valence-electron chi connectivity index (χ4n) is 2.34. The Balaban J connectivity index is 1.80. The van der Waals surface area contributed by atoms with Crippen LogP contribution in [0.5, 0.6) is 0 Å². The molecular formula is C14H23N3. The summed E-state index contributed by atoms with van der Waals surface area (Å²) in [5, 5.41) is 0. The Bertz CT molecular complexity index is 309. The number of rotatable bonds is 7. The van der Waals surface area contributed by atoms with Gasteiger partial charge >= 0.3 is 0 Å². The molecule has 1 aliphatic carbocycles. The molecule has 1 aromatic heterocycles. The molecule has 2 N–H and O–H groups in total. The molecule has 0 atom stereocenters. The summed E-state index contributed by atoms with van der Waals surface area (Å²) in [5.74, 6) is 0. The van der Waals surface area contributed by atoms with E-state index in [2.05, 4.69) is 16.0 Å². The largest absolute Gasteiger partial charge is 0.330 e. The molecule has 1 fully saturated rings. The Morgan fingerprint density at radius 2 is 2.24 bits per heavy atom. The standard InChI is InChI=1S/C14H23N3/c15-8-3-10-17(14-5-1-6-14)11-7-13-4-2-9-16-12-13/h2,4,9,12,14H,1,3,5-8,10-11,15H2. The SMILES string of the molecule is NCCCN(CCc1cccnc1)C1CCC1. The maximum absolute atomic E-state index is 5.61. The van der Waals surface area contributed by atoms with Crippen molar-refractivity contribution in [3.63, 3.8) is 0 Å². The molecule has 0 amide bonds. The first-order chi connectivity index (χ1) is 8.40. The first kappa shape index (κ1) is 12.5. The quantitative estimate of drug-likeness (QED) is 0.781. The maximum Gasteiger partial charge on any atom is 0.0300 e. The summed E-state index contributed by atoms with van der Waals surface area (Å²) in [6.45, 7) is 3.11. The molecule has 0 spiro atoms. The number of hydrogen-bond acceptors (Lipinski definition) is 3. The van der Waals surface area contributed by atoms with Gasteiger partial charge in [-0.25, -0.2) is 0 Å². The number of nitrogens with two attached hydrogens (primary N) is 1. The van der Waals surface area contributed by atoms with E-state index in [-0.39, 0.29) is 0 Å². The summed E-state index contributed by atoms with van der Waals surface area (Å²) >= 11 is 0. The number of pyridine rings is 1. The summed E-state index contributed by atoms with van der Waals surface area (Å²) in [5.41, 5.74) is 6.94. The molecule has 0 radical (unpaired) electrons. The van der Waals surface area contributed by atoms with E-state index in [1.165, 1.54) is 24.8 Å². The van der Waals surface area contributed by atoms with Crippen LogP contribution >= 0.6 is 0 Å². The van der Waals surface area contributed by atoms with Gasteiger partial charge in [-0.1, -0.05) is 12.5 Å². The summed E-state index contributed by atoms with van der Waals surface area (Å²) in [4.78, 5) is 6.78. The Labute approximate surface area is 104 Å². The Morgan fingerprint density at radius 1 is 1.35 bits per heavy atom. The molecule has 0 aromatic carbocycles. The number of aromatic nitrogens is 1. The molecule has 0 unspecified atom stereocenters. The second kappa shape index (κ2) is 6.72. The number of hydrogen-bond donors (Lipinski definition) is 1. The van der Waals surface area contributed by atoms with E-state index >= 15 is 0 Å². The van der Waals surface area contributed by atoms with Gasteiger partial charge in [-0.15, -0.1) is 0 Å². The molecule has 94 valence electrons. The zero-order valence-corrected chi connectivity index (χ0v) is 10.5. The van der Waals surface area contributed by atoms with Gasteiger partial charge in [-0.05, 0) is 50.4 Å². The van der Waals surface area contributed by atoms with E-state index < -0.39 is 0 Å². The minimum Gasteiger partial charge on any atom is -0.330 e. The van der Waals surface area contributed by atoms with E-state index in [9.17, 15) is 0 Å². The molecule has 1 saturated carbocycles. The molecule has 0 saturated heterocycles. The molecule has 2 rings (SSSR count). The molecule has 1 aromatic rings. The fourth-order valence-corrected chi connectivity index (χ4v) is 2.34. The van der Waals surface area contributed by atoms with Gasteiger partial charge in [0, 0.05) is 25.0 Å². The predicted molar refractivity (Wildman–Crippen MR) is 70.8 cm³/mol. The lowest BCUT2D eigenvalue weighted by Crippen LogP contribution is -2.42. The van der Waals surface area contributed by atoms with Crippen molar-refractivity contribution >= 4 is 0 Å². The van der Waals surface area contributed by atoms with E-state index in [0.717, 1.165) is 38.5 Å². The van der Waals surface area contributed by atoms with Crippen molar-refractivity contribution in [2.45, 2.75) is 38.1 Å². The van der Waals surface area contributed by atoms with Gasteiger partial charge in [0.1, 0.15) is 0 Å². The fraction of sp³-hybridized carbons (Fsp3) is 0.643. The van der Waals surface area contributed by atoms with Crippen molar-refractivity contribution in [3.8, 4) is 0 Å². The molecule has 3 nitrogen and oxygen atoms in total. The first-order valence-electron chi connectivity index (χ1n) is 6.73. The monoisotopic (exact) mass is 233 g/mol. The van der Waals surface area contributed by atoms with Crippen LogP contribution in [0.1, 0.15) is 31.2 Å². The number of nitrogens with zero attached hydrogens (tertiary/aromatic N) is 2. The zero-order valence-electron chi connectivity index (χ0n) is 10.5. The average Bonchev–Trinajstić information content (AvgIpc) is 2.31. The van der Waals surface area contributed by atoms with E-state index in [1.807, 2.05) is 18.5 Å². The predicted octanol–water partition coefficient (Wildman–Crippen LogP) is 1.83. The molecular weight excluding hydrogens is 210 g/mol. The van der Waals surface area contributed by atoms with E-state index in [0.29, 0.717) is 0 Å². The zero-order chi connectivity index (χ0) is 11.9. The van der Waals surface area contributed by atoms with Crippen LogP contribution in [0.25, 0.3) is 0 Å². The van der Waals surface area contributed by atoms with Crippen LogP contribution < -0.4 is 5.73 Å². The van der Waals surface area contributed by atoms with Gasteiger partial charge in [0.25, 0.3) is 0 Å². The van der Waals surface area contributed by atoms with Crippen LogP contribution in [0.15, 0.2) is 24.5 Å². The second-order valence-electron chi connectivity index (χ2n) is 4.87. The highest BCUT2D eigenvalue weighted by Crippen LogP contribution is 2.24. The van der Waals surface area contributed by atoms with Gasteiger partial charge in [-0.3, -0.25) is 4.98 Å². The van der Waals surface area contributed by atoms with Gasteiger partial charge < -0.3 is 10.6 Å². The van der Waals surface area contributed by atoms with Crippen molar-refractivity contribution in [2.24, 2.45) is 5.73 Å². The third-order valence-electron chi connectivity index (χ3n) is 3.65. The molecule has 3 heteroatoms. The molecule has 0 aliphatic heterocycles. The smallest absolute Gasteiger partial charge is 0.0300 e. The van der Waals surface area contributed by atoms with Gasteiger partial charge in [0.05, 0.1) is 0 Å². The van der Waals surface area contributed by atoms with Gasteiger partial charge in [0.15, 0.2) is 0 Å². The van der Waals surface area contributed by atoms with Crippen molar-refractivity contribution in [1.82, 2.24) is 9.88 Å². The molecule has 0 bridgehead atoms. The molecule has 1 heterocycles. The lowest BCUT2D eigenvalue weighted by molar-refractivity contribution is 0.128. The minimum absolute atomic E-state index is 0.802. The van der Waals surface area contributed by atoms with Crippen LogP contribution in [-0.4, -0.2) is 35.6 Å². The van der Waals surface area contributed by atoms with Crippen molar-refractivity contribution in [3.05, 3.63) is 30.1 Å².